The molecule has 2 N–H and O–H groups in total. The van der Waals surface area contributed by atoms with E-state index in [2.05, 4.69) is 4.72 Å². The van der Waals surface area contributed by atoms with E-state index in [0.29, 0.717) is 5.02 Å². The lowest BCUT2D eigenvalue weighted by Crippen LogP contribution is -2.39. The molecule has 1 aromatic carbocycles. The van der Waals surface area contributed by atoms with Crippen molar-refractivity contribution in [2.75, 3.05) is 0 Å². The SMILES string of the molecule is C[C@H](C(=O)O)[C@H](NS(=O)C(C)(C)C)c1ccc(Cl)cc1. The van der Waals surface area contributed by atoms with Crippen molar-refractivity contribution in [2.45, 2.75) is 38.5 Å². The van der Waals surface area contributed by atoms with Crippen LogP contribution in [0.15, 0.2) is 24.3 Å². The molecule has 0 radical (unpaired) electrons. The minimum atomic E-state index is -1.36. The lowest BCUT2D eigenvalue weighted by Gasteiger charge is -2.27. The second-order valence-corrected chi connectivity index (χ2v) is 8.09. The highest BCUT2D eigenvalue weighted by Crippen LogP contribution is 2.26. The van der Waals surface area contributed by atoms with Gasteiger partial charge < -0.3 is 5.11 Å². The van der Waals surface area contributed by atoms with Crippen LogP contribution in [0.1, 0.15) is 39.3 Å². The molecule has 1 unspecified atom stereocenters. The van der Waals surface area contributed by atoms with Gasteiger partial charge in [0.05, 0.1) is 27.7 Å². The van der Waals surface area contributed by atoms with Gasteiger partial charge in [-0.3, -0.25) is 4.79 Å². The third kappa shape index (κ3) is 4.58. The summed E-state index contributed by atoms with van der Waals surface area (Å²) in [6, 6.07) is 6.35. The van der Waals surface area contributed by atoms with Crippen LogP contribution in [0.25, 0.3) is 0 Å². The van der Waals surface area contributed by atoms with E-state index in [9.17, 15) is 14.1 Å². The lowest BCUT2D eigenvalue weighted by atomic mass is 9.96. The van der Waals surface area contributed by atoms with Crippen molar-refractivity contribution >= 4 is 28.6 Å². The van der Waals surface area contributed by atoms with E-state index in [-0.39, 0.29) is 0 Å². The number of aliphatic carboxylic acids is 1. The van der Waals surface area contributed by atoms with Crippen LogP contribution in [0, 0.1) is 5.92 Å². The van der Waals surface area contributed by atoms with Crippen LogP contribution in [0.3, 0.4) is 0 Å². The molecule has 6 heteroatoms. The Kier molecular flexibility index (Phi) is 5.74. The minimum Gasteiger partial charge on any atom is -0.481 e. The number of carbonyl (C=O) groups is 1. The molecule has 20 heavy (non-hydrogen) atoms. The maximum absolute atomic E-state index is 12.2. The van der Waals surface area contributed by atoms with E-state index in [0.717, 1.165) is 5.56 Å². The molecule has 3 atom stereocenters. The fourth-order valence-electron chi connectivity index (χ4n) is 1.56. The topological polar surface area (TPSA) is 66.4 Å². The van der Waals surface area contributed by atoms with Crippen molar-refractivity contribution in [3.8, 4) is 0 Å². The molecular formula is C14H20ClNO3S. The number of rotatable bonds is 5. The van der Waals surface area contributed by atoms with Crippen LogP contribution < -0.4 is 4.72 Å². The molecule has 0 saturated carbocycles. The van der Waals surface area contributed by atoms with Crippen molar-refractivity contribution in [3.05, 3.63) is 34.9 Å². The number of benzene rings is 1. The van der Waals surface area contributed by atoms with Gasteiger partial charge in [0, 0.05) is 5.02 Å². The van der Waals surface area contributed by atoms with Crippen LogP contribution in [0.2, 0.25) is 5.02 Å². The maximum Gasteiger partial charge on any atom is 0.308 e. The van der Waals surface area contributed by atoms with Gasteiger partial charge >= 0.3 is 5.97 Å². The predicted molar refractivity (Wildman–Crippen MR) is 82.0 cm³/mol. The van der Waals surface area contributed by atoms with Crippen molar-refractivity contribution in [1.82, 2.24) is 4.72 Å². The summed E-state index contributed by atoms with van der Waals surface area (Å²) in [4.78, 5) is 11.2. The fourth-order valence-corrected chi connectivity index (χ4v) is 2.61. The molecule has 1 aromatic rings. The number of hydrogen-bond acceptors (Lipinski definition) is 2. The molecule has 0 saturated heterocycles. The summed E-state index contributed by atoms with van der Waals surface area (Å²) in [5, 5.41) is 9.80. The number of hydrogen-bond donors (Lipinski definition) is 2. The second kappa shape index (κ2) is 6.70. The molecule has 1 rings (SSSR count). The molecule has 4 nitrogen and oxygen atoms in total. The molecule has 112 valence electrons. The van der Waals surface area contributed by atoms with Gasteiger partial charge in [-0.05, 0) is 38.5 Å². The van der Waals surface area contributed by atoms with Gasteiger partial charge in [0.1, 0.15) is 0 Å². The Morgan fingerprint density at radius 3 is 2.20 bits per heavy atom. The third-order valence-electron chi connectivity index (χ3n) is 2.91. The van der Waals surface area contributed by atoms with Gasteiger partial charge in [-0.25, -0.2) is 8.93 Å². The summed E-state index contributed by atoms with van der Waals surface area (Å²) in [6.45, 7) is 7.09. The van der Waals surface area contributed by atoms with E-state index in [1.807, 2.05) is 20.8 Å². The van der Waals surface area contributed by atoms with E-state index in [4.69, 9.17) is 11.6 Å². The van der Waals surface area contributed by atoms with E-state index in [1.54, 1.807) is 31.2 Å². The zero-order chi connectivity index (χ0) is 15.5. The highest BCUT2D eigenvalue weighted by atomic mass is 35.5. The first-order chi connectivity index (χ1) is 9.12. The zero-order valence-electron chi connectivity index (χ0n) is 12.0. The molecule has 0 fully saturated rings. The maximum atomic E-state index is 12.2. The molecular weight excluding hydrogens is 298 g/mol. The molecule has 0 aromatic heterocycles. The molecule has 0 aliphatic carbocycles. The lowest BCUT2D eigenvalue weighted by molar-refractivity contribution is -0.142. The van der Waals surface area contributed by atoms with Crippen LogP contribution in [-0.4, -0.2) is 20.0 Å². The summed E-state index contributed by atoms with van der Waals surface area (Å²) in [6.07, 6.45) is 0. The highest BCUT2D eigenvalue weighted by molar-refractivity contribution is 7.84. The summed E-state index contributed by atoms with van der Waals surface area (Å²) in [7, 11) is -1.36. The Balaban J connectivity index is 3.06. The van der Waals surface area contributed by atoms with E-state index in [1.165, 1.54) is 0 Å². The molecule has 0 aliphatic rings. The van der Waals surface area contributed by atoms with Gasteiger partial charge in [0.25, 0.3) is 0 Å². The van der Waals surface area contributed by atoms with Crippen LogP contribution in [-0.2, 0) is 15.8 Å². The van der Waals surface area contributed by atoms with Gasteiger partial charge in [0.2, 0.25) is 0 Å². The minimum absolute atomic E-state index is 0.469. The number of halogens is 1. The summed E-state index contributed by atoms with van der Waals surface area (Å²) in [5.41, 5.74) is 0.752. The second-order valence-electron chi connectivity index (χ2n) is 5.66. The molecule has 0 amide bonds. The van der Waals surface area contributed by atoms with Crippen LogP contribution >= 0.6 is 11.6 Å². The first kappa shape index (κ1) is 17.1. The van der Waals surface area contributed by atoms with Crippen molar-refractivity contribution in [2.24, 2.45) is 5.92 Å². The molecule has 0 aliphatic heterocycles. The summed E-state index contributed by atoms with van der Waals surface area (Å²) < 4.78 is 14.7. The van der Waals surface area contributed by atoms with Crippen LogP contribution in [0.4, 0.5) is 0 Å². The monoisotopic (exact) mass is 317 g/mol. The number of carboxylic acids is 1. The first-order valence-electron chi connectivity index (χ1n) is 6.29. The Hall–Kier alpha value is -0.910. The zero-order valence-corrected chi connectivity index (χ0v) is 13.6. The summed E-state index contributed by atoms with van der Waals surface area (Å²) in [5.74, 6) is -1.65. The highest BCUT2D eigenvalue weighted by Gasteiger charge is 2.30. The largest absolute Gasteiger partial charge is 0.481 e. The van der Waals surface area contributed by atoms with Crippen molar-refractivity contribution in [1.29, 1.82) is 0 Å². The smallest absolute Gasteiger partial charge is 0.308 e. The van der Waals surface area contributed by atoms with Crippen molar-refractivity contribution < 1.29 is 14.1 Å². The third-order valence-corrected chi connectivity index (χ3v) is 4.74. The van der Waals surface area contributed by atoms with E-state index >= 15 is 0 Å². The first-order valence-corrected chi connectivity index (χ1v) is 7.82. The Bertz CT molecular complexity index is 496. The van der Waals surface area contributed by atoms with Gasteiger partial charge in [-0.1, -0.05) is 30.7 Å². The normalized spacial score (nSPS) is 16.4. The number of carboxylic acid groups (broad SMARTS) is 1. The molecule has 0 spiro atoms. The summed E-state index contributed by atoms with van der Waals surface area (Å²) >= 11 is 5.84. The van der Waals surface area contributed by atoms with Crippen LogP contribution in [0.5, 0.6) is 0 Å². The van der Waals surface area contributed by atoms with Gasteiger partial charge in [0.15, 0.2) is 0 Å². The van der Waals surface area contributed by atoms with Gasteiger partial charge in [-0.2, -0.15) is 0 Å². The average molecular weight is 318 g/mol. The van der Waals surface area contributed by atoms with Gasteiger partial charge in [-0.15, -0.1) is 0 Å². The standard InChI is InChI=1S/C14H20ClNO3S/c1-9(13(17)18)12(16-20(19)14(2,3)4)10-5-7-11(15)8-6-10/h5-9,12,16H,1-4H3,(H,17,18)/t9-,12-,20?/m0/s1. The van der Waals surface area contributed by atoms with E-state index < -0.39 is 33.7 Å². The Morgan fingerprint density at radius 1 is 1.30 bits per heavy atom. The molecule has 0 heterocycles. The average Bonchev–Trinajstić information content (AvgIpc) is 2.34. The predicted octanol–water partition coefficient (Wildman–Crippen LogP) is 3.15. The van der Waals surface area contributed by atoms with Crippen molar-refractivity contribution in [3.63, 3.8) is 0 Å². The molecule has 0 bridgehead atoms. The quantitative estimate of drug-likeness (QED) is 0.876. The fraction of sp³-hybridized carbons (Fsp3) is 0.500. The number of nitrogens with one attached hydrogen (secondary N) is 1. The Labute approximate surface area is 127 Å². The Morgan fingerprint density at radius 2 is 1.80 bits per heavy atom.